The van der Waals surface area contributed by atoms with Gasteiger partial charge >= 0.3 is 0 Å². The number of rotatable bonds is 7. The highest BCUT2D eigenvalue weighted by Crippen LogP contribution is 2.13. The summed E-state index contributed by atoms with van der Waals surface area (Å²) in [6, 6.07) is 20.6. The number of likely N-dealkylation sites (tertiary alicyclic amines) is 1. The molecule has 0 radical (unpaired) electrons. The standard InChI is InChI=1S/C22H30N4OS/c1-23-22(24-14-16-28(27)21-12-6-3-7-13-21)25-20-11-8-15-26(18-20)17-19-9-4-2-5-10-19/h2-7,9-10,12-13,20H,8,11,14-18H2,1H3,(H2,23,24,25). The first-order valence-electron chi connectivity index (χ1n) is 9.91. The summed E-state index contributed by atoms with van der Waals surface area (Å²) in [6.07, 6.45) is 2.32. The van der Waals surface area contributed by atoms with Gasteiger partial charge in [0.1, 0.15) is 0 Å². The van der Waals surface area contributed by atoms with Gasteiger partial charge in [-0.1, -0.05) is 48.5 Å². The van der Waals surface area contributed by atoms with Gasteiger partial charge in [-0.25, -0.2) is 0 Å². The Morgan fingerprint density at radius 3 is 2.57 bits per heavy atom. The quantitative estimate of drug-likeness (QED) is 0.556. The fraction of sp³-hybridized carbons (Fsp3) is 0.409. The molecule has 1 aliphatic rings. The van der Waals surface area contributed by atoms with Gasteiger partial charge < -0.3 is 10.6 Å². The van der Waals surface area contributed by atoms with E-state index in [0.29, 0.717) is 18.3 Å². The zero-order valence-corrected chi connectivity index (χ0v) is 17.3. The maximum atomic E-state index is 12.3. The second-order valence-electron chi connectivity index (χ2n) is 7.07. The van der Waals surface area contributed by atoms with E-state index in [1.54, 1.807) is 7.05 Å². The van der Waals surface area contributed by atoms with Crippen LogP contribution < -0.4 is 10.6 Å². The molecule has 1 heterocycles. The Morgan fingerprint density at radius 2 is 1.86 bits per heavy atom. The molecule has 0 bridgehead atoms. The average molecular weight is 399 g/mol. The second-order valence-corrected chi connectivity index (χ2v) is 8.64. The van der Waals surface area contributed by atoms with E-state index in [1.807, 2.05) is 30.3 Å². The van der Waals surface area contributed by atoms with E-state index < -0.39 is 10.8 Å². The summed E-state index contributed by atoms with van der Waals surface area (Å²) in [4.78, 5) is 7.70. The minimum absolute atomic E-state index is 0.378. The minimum Gasteiger partial charge on any atom is -0.355 e. The molecular formula is C22H30N4OS. The van der Waals surface area contributed by atoms with Crippen LogP contribution in [0, 0.1) is 0 Å². The lowest BCUT2D eigenvalue weighted by Gasteiger charge is -2.34. The predicted octanol–water partition coefficient (Wildman–Crippen LogP) is 2.62. The van der Waals surface area contributed by atoms with Gasteiger partial charge in [-0.15, -0.1) is 0 Å². The second kappa shape index (κ2) is 11.0. The lowest BCUT2D eigenvalue weighted by molar-refractivity contribution is 0.192. The highest BCUT2D eigenvalue weighted by atomic mass is 32.2. The number of guanidine groups is 1. The molecule has 28 heavy (non-hydrogen) atoms. The van der Waals surface area contributed by atoms with Crippen LogP contribution in [0.5, 0.6) is 0 Å². The molecule has 2 unspecified atom stereocenters. The Bertz CT molecular complexity index is 767. The Kier molecular flexibility index (Phi) is 8.06. The smallest absolute Gasteiger partial charge is 0.191 e. The number of nitrogens with one attached hydrogen (secondary N) is 2. The molecule has 0 aromatic heterocycles. The Morgan fingerprint density at radius 1 is 1.14 bits per heavy atom. The third kappa shape index (κ3) is 6.46. The molecule has 2 atom stereocenters. The van der Waals surface area contributed by atoms with Crippen molar-refractivity contribution in [3.8, 4) is 0 Å². The molecule has 3 rings (SSSR count). The van der Waals surface area contributed by atoms with Crippen LogP contribution >= 0.6 is 0 Å². The summed E-state index contributed by atoms with van der Waals surface area (Å²) >= 11 is 0. The maximum Gasteiger partial charge on any atom is 0.191 e. The van der Waals surface area contributed by atoms with E-state index in [4.69, 9.17) is 0 Å². The summed E-state index contributed by atoms with van der Waals surface area (Å²) in [5.74, 6) is 1.35. The lowest BCUT2D eigenvalue weighted by Crippen LogP contribution is -2.51. The molecule has 1 saturated heterocycles. The molecule has 5 nitrogen and oxygen atoms in total. The minimum atomic E-state index is -0.990. The number of aliphatic imine (C=N–C) groups is 1. The average Bonchev–Trinajstić information content (AvgIpc) is 2.74. The van der Waals surface area contributed by atoms with E-state index in [9.17, 15) is 4.21 Å². The Balaban J connectivity index is 1.43. The summed E-state index contributed by atoms with van der Waals surface area (Å²) in [5.41, 5.74) is 1.36. The number of nitrogens with zero attached hydrogens (tertiary/aromatic N) is 2. The third-order valence-electron chi connectivity index (χ3n) is 4.90. The first-order chi connectivity index (χ1) is 13.7. The van der Waals surface area contributed by atoms with Crippen LogP contribution in [-0.2, 0) is 17.3 Å². The van der Waals surface area contributed by atoms with Crippen molar-refractivity contribution in [3.05, 3.63) is 66.2 Å². The van der Waals surface area contributed by atoms with E-state index >= 15 is 0 Å². The van der Waals surface area contributed by atoms with Gasteiger partial charge in [0.25, 0.3) is 0 Å². The highest BCUT2D eigenvalue weighted by molar-refractivity contribution is 7.85. The molecule has 6 heteroatoms. The zero-order valence-electron chi connectivity index (χ0n) is 16.5. The highest BCUT2D eigenvalue weighted by Gasteiger charge is 2.20. The summed E-state index contributed by atoms with van der Waals surface area (Å²) in [7, 11) is 0.795. The van der Waals surface area contributed by atoms with Crippen LogP contribution in [0.2, 0.25) is 0 Å². The van der Waals surface area contributed by atoms with E-state index in [-0.39, 0.29) is 0 Å². The summed E-state index contributed by atoms with van der Waals surface area (Å²) in [6.45, 7) is 3.75. The molecule has 150 valence electrons. The van der Waals surface area contributed by atoms with E-state index in [0.717, 1.165) is 36.9 Å². The van der Waals surface area contributed by atoms with Crippen molar-refractivity contribution >= 4 is 16.8 Å². The van der Waals surface area contributed by atoms with Crippen molar-refractivity contribution in [3.63, 3.8) is 0 Å². The third-order valence-corrected chi connectivity index (χ3v) is 6.28. The Hall–Kier alpha value is -2.18. The SMILES string of the molecule is CN=C(NCCS(=O)c1ccccc1)NC1CCCN(Cc2ccccc2)C1. The molecule has 2 N–H and O–H groups in total. The first kappa shape index (κ1) is 20.6. The molecule has 0 aliphatic carbocycles. The molecular weight excluding hydrogens is 368 g/mol. The largest absolute Gasteiger partial charge is 0.355 e. The topological polar surface area (TPSA) is 56.7 Å². The van der Waals surface area contributed by atoms with Gasteiger partial charge in [0.15, 0.2) is 5.96 Å². The summed E-state index contributed by atoms with van der Waals surface area (Å²) in [5, 5.41) is 6.84. The summed E-state index contributed by atoms with van der Waals surface area (Å²) < 4.78 is 12.3. The molecule has 2 aromatic rings. The lowest BCUT2D eigenvalue weighted by atomic mass is 10.0. The molecule has 0 spiro atoms. The van der Waals surface area contributed by atoms with E-state index in [2.05, 4.69) is 50.9 Å². The maximum absolute atomic E-state index is 12.3. The molecule has 1 aliphatic heterocycles. The van der Waals surface area contributed by atoms with Crippen molar-refractivity contribution in [1.82, 2.24) is 15.5 Å². The number of benzene rings is 2. The molecule has 2 aromatic carbocycles. The van der Waals surface area contributed by atoms with Gasteiger partial charge in [-0.05, 0) is 37.1 Å². The van der Waals surface area contributed by atoms with Gasteiger partial charge in [-0.3, -0.25) is 14.1 Å². The van der Waals surface area contributed by atoms with Crippen LogP contribution in [-0.4, -0.2) is 53.5 Å². The van der Waals surface area contributed by atoms with Crippen molar-refractivity contribution in [2.75, 3.05) is 32.4 Å². The van der Waals surface area contributed by atoms with Crippen molar-refractivity contribution in [2.45, 2.75) is 30.3 Å². The van der Waals surface area contributed by atoms with Crippen LogP contribution in [0.4, 0.5) is 0 Å². The number of piperidine rings is 1. The number of hydrogen-bond donors (Lipinski definition) is 2. The number of hydrogen-bond acceptors (Lipinski definition) is 3. The van der Waals surface area contributed by atoms with Crippen LogP contribution in [0.3, 0.4) is 0 Å². The Labute approximate surface area is 170 Å². The zero-order chi connectivity index (χ0) is 19.6. The van der Waals surface area contributed by atoms with Crippen molar-refractivity contribution in [2.24, 2.45) is 4.99 Å². The predicted molar refractivity (Wildman–Crippen MR) is 117 cm³/mol. The van der Waals surface area contributed by atoms with Crippen molar-refractivity contribution < 1.29 is 4.21 Å². The normalized spacial score (nSPS) is 19.2. The van der Waals surface area contributed by atoms with Crippen molar-refractivity contribution in [1.29, 1.82) is 0 Å². The van der Waals surface area contributed by atoms with Gasteiger partial charge in [0, 0.05) is 43.4 Å². The monoisotopic (exact) mass is 398 g/mol. The molecule has 0 saturated carbocycles. The van der Waals surface area contributed by atoms with Gasteiger partial charge in [0.05, 0.1) is 10.8 Å². The van der Waals surface area contributed by atoms with E-state index in [1.165, 1.54) is 12.0 Å². The van der Waals surface area contributed by atoms with Gasteiger partial charge in [-0.2, -0.15) is 0 Å². The molecule has 1 fully saturated rings. The molecule has 0 amide bonds. The van der Waals surface area contributed by atoms with Gasteiger partial charge in [0.2, 0.25) is 0 Å². The fourth-order valence-electron chi connectivity index (χ4n) is 3.50. The van der Waals surface area contributed by atoms with Crippen LogP contribution in [0.25, 0.3) is 0 Å². The first-order valence-corrected chi connectivity index (χ1v) is 11.2. The fourth-order valence-corrected chi connectivity index (χ4v) is 4.48. The van der Waals surface area contributed by atoms with Crippen LogP contribution in [0.15, 0.2) is 70.6 Å². The van der Waals surface area contributed by atoms with Crippen LogP contribution in [0.1, 0.15) is 18.4 Å².